The SMILES string of the molecule is Cc1ccc(CN2C(=O)[C@@]3(SCC(=O)N3c3ccc(C)cc3)c3ccccc32)cc1. The number of nitrogens with zero attached hydrogens (tertiary/aromatic N) is 2. The molecule has 2 amide bonds. The average molecular weight is 415 g/mol. The van der Waals surface area contributed by atoms with Crippen LogP contribution in [0.2, 0.25) is 0 Å². The fourth-order valence-electron chi connectivity index (χ4n) is 4.28. The third kappa shape index (κ3) is 2.76. The van der Waals surface area contributed by atoms with Crippen LogP contribution in [0, 0.1) is 13.8 Å². The molecule has 0 unspecified atom stereocenters. The number of para-hydroxylation sites is 1. The molecule has 3 aromatic rings. The minimum Gasteiger partial charge on any atom is -0.304 e. The largest absolute Gasteiger partial charge is 0.304 e. The Bertz CT molecular complexity index is 1140. The molecule has 0 saturated carbocycles. The molecule has 3 aromatic carbocycles. The maximum absolute atomic E-state index is 14.0. The van der Waals surface area contributed by atoms with Crippen LogP contribution in [-0.2, 0) is 21.0 Å². The van der Waals surface area contributed by atoms with Crippen molar-refractivity contribution in [2.45, 2.75) is 25.3 Å². The summed E-state index contributed by atoms with van der Waals surface area (Å²) in [5.41, 5.74) is 5.89. The normalized spacial score (nSPS) is 20.3. The number of aryl methyl sites for hydroxylation is 2. The van der Waals surface area contributed by atoms with Gasteiger partial charge in [0.15, 0.2) is 0 Å². The number of carbonyl (C=O) groups is 2. The van der Waals surface area contributed by atoms with Gasteiger partial charge in [0.1, 0.15) is 0 Å². The predicted octanol–water partition coefficient (Wildman–Crippen LogP) is 4.78. The van der Waals surface area contributed by atoms with Gasteiger partial charge in [0.2, 0.25) is 10.8 Å². The Morgan fingerprint density at radius 2 is 1.50 bits per heavy atom. The summed E-state index contributed by atoms with van der Waals surface area (Å²) in [6.07, 6.45) is 0. The van der Waals surface area contributed by atoms with Crippen LogP contribution in [0.1, 0.15) is 22.3 Å². The molecule has 30 heavy (non-hydrogen) atoms. The second-order valence-corrected chi connectivity index (χ2v) is 9.06. The molecule has 0 aliphatic carbocycles. The van der Waals surface area contributed by atoms with Gasteiger partial charge in [-0.2, -0.15) is 0 Å². The van der Waals surface area contributed by atoms with Crippen LogP contribution in [0.3, 0.4) is 0 Å². The number of benzene rings is 3. The van der Waals surface area contributed by atoms with E-state index in [1.165, 1.54) is 17.3 Å². The van der Waals surface area contributed by atoms with Gasteiger partial charge < -0.3 is 4.90 Å². The first-order chi connectivity index (χ1) is 14.5. The molecule has 5 rings (SSSR count). The summed E-state index contributed by atoms with van der Waals surface area (Å²) in [5, 5.41) is 0. The fourth-order valence-corrected chi connectivity index (χ4v) is 5.64. The van der Waals surface area contributed by atoms with Gasteiger partial charge in [-0.05, 0) is 37.6 Å². The van der Waals surface area contributed by atoms with Crippen molar-refractivity contribution < 1.29 is 9.59 Å². The number of hydrogen-bond donors (Lipinski definition) is 0. The van der Waals surface area contributed by atoms with E-state index in [1.54, 1.807) is 4.90 Å². The van der Waals surface area contributed by atoms with Crippen molar-refractivity contribution in [3.63, 3.8) is 0 Å². The zero-order valence-electron chi connectivity index (χ0n) is 17.0. The minimum atomic E-state index is -1.05. The molecule has 0 radical (unpaired) electrons. The first-order valence-corrected chi connectivity index (χ1v) is 11.0. The molecule has 1 fully saturated rings. The van der Waals surface area contributed by atoms with Crippen molar-refractivity contribution in [1.82, 2.24) is 0 Å². The van der Waals surface area contributed by atoms with Gasteiger partial charge >= 0.3 is 0 Å². The molecular weight excluding hydrogens is 392 g/mol. The van der Waals surface area contributed by atoms with E-state index in [0.29, 0.717) is 6.54 Å². The number of anilines is 2. The van der Waals surface area contributed by atoms with E-state index in [2.05, 4.69) is 31.2 Å². The predicted molar refractivity (Wildman–Crippen MR) is 122 cm³/mol. The van der Waals surface area contributed by atoms with Gasteiger partial charge in [-0.1, -0.05) is 65.7 Å². The average Bonchev–Trinajstić information content (AvgIpc) is 3.22. The highest BCUT2D eigenvalue weighted by Gasteiger charge is 2.60. The van der Waals surface area contributed by atoms with Gasteiger partial charge in [-0.25, -0.2) is 0 Å². The van der Waals surface area contributed by atoms with Crippen molar-refractivity contribution in [1.29, 1.82) is 0 Å². The number of rotatable bonds is 3. The Balaban J connectivity index is 1.62. The number of amides is 2. The third-order valence-electron chi connectivity index (χ3n) is 5.82. The summed E-state index contributed by atoms with van der Waals surface area (Å²) >= 11 is 1.42. The summed E-state index contributed by atoms with van der Waals surface area (Å²) in [6, 6.07) is 23.9. The molecule has 4 nitrogen and oxygen atoms in total. The standard InChI is InChI=1S/C25H22N2O2S/c1-17-7-11-19(12-8-17)15-26-22-6-4-3-5-21(22)25(24(26)29)27(23(28)16-30-25)20-13-9-18(2)10-14-20/h3-14H,15-16H2,1-2H3/t25-/m0/s1. The zero-order valence-corrected chi connectivity index (χ0v) is 17.8. The number of fused-ring (bicyclic) bond motifs is 2. The van der Waals surface area contributed by atoms with Gasteiger partial charge in [0, 0.05) is 11.3 Å². The molecule has 0 aromatic heterocycles. The summed E-state index contributed by atoms with van der Waals surface area (Å²) in [4.78, 5) is 29.5. The van der Waals surface area contributed by atoms with E-state index < -0.39 is 4.87 Å². The van der Waals surface area contributed by atoms with Gasteiger partial charge in [-0.3, -0.25) is 14.5 Å². The molecule has 1 saturated heterocycles. The molecule has 1 spiro atoms. The van der Waals surface area contributed by atoms with Crippen molar-refractivity contribution in [3.8, 4) is 0 Å². The molecule has 2 aliphatic rings. The molecule has 150 valence electrons. The van der Waals surface area contributed by atoms with E-state index >= 15 is 0 Å². The molecule has 5 heteroatoms. The second-order valence-electron chi connectivity index (χ2n) is 7.89. The maximum Gasteiger partial charge on any atom is 0.269 e. The number of carbonyl (C=O) groups excluding carboxylic acids is 2. The quantitative estimate of drug-likeness (QED) is 0.619. The van der Waals surface area contributed by atoms with Crippen molar-refractivity contribution in [2.75, 3.05) is 15.6 Å². The first kappa shape index (κ1) is 18.9. The third-order valence-corrected chi connectivity index (χ3v) is 7.20. The van der Waals surface area contributed by atoms with Crippen LogP contribution in [0.15, 0.2) is 72.8 Å². The highest BCUT2D eigenvalue weighted by Crippen LogP contribution is 2.55. The maximum atomic E-state index is 14.0. The summed E-state index contributed by atoms with van der Waals surface area (Å²) < 4.78 is 0. The summed E-state index contributed by atoms with van der Waals surface area (Å²) in [5.74, 6) is 0.191. The van der Waals surface area contributed by atoms with Crippen LogP contribution in [0.4, 0.5) is 11.4 Å². The Morgan fingerprint density at radius 1 is 0.867 bits per heavy atom. The first-order valence-electron chi connectivity index (χ1n) is 10.0. The molecule has 1 atom stereocenters. The minimum absolute atomic E-state index is 0.0378. The smallest absolute Gasteiger partial charge is 0.269 e. The Kier molecular flexibility index (Phi) is 4.44. The highest BCUT2D eigenvalue weighted by atomic mass is 32.2. The second kappa shape index (κ2) is 7.03. The molecule has 0 N–H and O–H groups in total. The van der Waals surface area contributed by atoms with Gasteiger partial charge in [-0.15, -0.1) is 11.8 Å². The zero-order chi connectivity index (χ0) is 20.9. The monoisotopic (exact) mass is 414 g/mol. The van der Waals surface area contributed by atoms with E-state index in [0.717, 1.165) is 28.1 Å². The Hall–Kier alpha value is -3.05. The van der Waals surface area contributed by atoms with E-state index in [9.17, 15) is 9.59 Å². The lowest BCUT2D eigenvalue weighted by atomic mass is 10.0. The van der Waals surface area contributed by atoms with Crippen LogP contribution < -0.4 is 9.80 Å². The van der Waals surface area contributed by atoms with Crippen molar-refractivity contribution >= 4 is 35.0 Å². The van der Waals surface area contributed by atoms with Gasteiger partial charge in [0.25, 0.3) is 5.91 Å². The lowest BCUT2D eigenvalue weighted by molar-refractivity contribution is -0.123. The number of hydrogen-bond acceptors (Lipinski definition) is 3. The Labute approximate surface area is 180 Å². The molecule has 0 bridgehead atoms. The van der Waals surface area contributed by atoms with E-state index in [-0.39, 0.29) is 17.6 Å². The molecule has 2 heterocycles. The summed E-state index contributed by atoms with van der Waals surface area (Å²) in [6.45, 7) is 4.54. The molecular formula is C25H22N2O2S. The molecule has 2 aliphatic heterocycles. The van der Waals surface area contributed by atoms with Crippen molar-refractivity contribution in [2.24, 2.45) is 0 Å². The van der Waals surface area contributed by atoms with Crippen LogP contribution in [0.5, 0.6) is 0 Å². The van der Waals surface area contributed by atoms with Gasteiger partial charge in [0.05, 0.1) is 18.0 Å². The Morgan fingerprint density at radius 3 is 2.20 bits per heavy atom. The lowest BCUT2D eigenvalue weighted by Crippen LogP contribution is -2.49. The summed E-state index contributed by atoms with van der Waals surface area (Å²) in [7, 11) is 0. The van der Waals surface area contributed by atoms with E-state index in [4.69, 9.17) is 0 Å². The topological polar surface area (TPSA) is 40.6 Å². The lowest BCUT2D eigenvalue weighted by Gasteiger charge is -2.33. The van der Waals surface area contributed by atoms with Crippen LogP contribution >= 0.6 is 11.8 Å². The van der Waals surface area contributed by atoms with Crippen LogP contribution in [-0.4, -0.2) is 17.6 Å². The van der Waals surface area contributed by atoms with E-state index in [1.807, 2.05) is 60.4 Å². The fraction of sp³-hybridized carbons (Fsp3) is 0.200. The highest BCUT2D eigenvalue weighted by molar-refractivity contribution is 8.02. The van der Waals surface area contributed by atoms with Crippen molar-refractivity contribution in [3.05, 3.63) is 95.1 Å². The van der Waals surface area contributed by atoms with Crippen LogP contribution in [0.25, 0.3) is 0 Å². The number of thioether (sulfide) groups is 1.